The highest BCUT2D eigenvalue weighted by Gasteiger charge is 2.44. The summed E-state index contributed by atoms with van der Waals surface area (Å²) < 4.78 is 41.0. The van der Waals surface area contributed by atoms with Crippen LogP contribution in [-0.4, -0.2) is 38.3 Å². The predicted octanol–water partition coefficient (Wildman–Crippen LogP) is 7.32. The van der Waals surface area contributed by atoms with Crippen molar-refractivity contribution in [1.29, 1.82) is 0 Å². The van der Waals surface area contributed by atoms with Crippen LogP contribution in [0.4, 0.5) is 10.1 Å². The average Bonchev–Trinajstić information content (AvgIpc) is 3.76. The quantitative estimate of drug-likeness (QED) is 0.228. The van der Waals surface area contributed by atoms with E-state index in [0.29, 0.717) is 42.6 Å². The first-order chi connectivity index (χ1) is 19.3. The molecule has 0 unspecified atom stereocenters. The summed E-state index contributed by atoms with van der Waals surface area (Å²) in [6.07, 6.45) is 4.90. The first-order valence-electron chi connectivity index (χ1n) is 14.1. The van der Waals surface area contributed by atoms with E-state index < -0.39 is 16.6 Å². The van der Waals surface area contributed by atoms with E-state index in [4.69, 9.17) is 4.74 Å². The lowest BCUT2D eigenvalue weighted by Gasteiger charge is -2.39. The van der Waals surface area contributed by atoms with Crippen LogP contribution in [0.15, 0.2) is 54.6 Å². The molecule has 3 aromatic rings. The summed E-state index contributed by atoms with van der Waals surface area (Å²) >= 11 is 0. The van der Waals surface area contributed by atoms with Gasteiger partial charge in [-0.2, -0.15) is 10.6 Å². The van der Waals surface area contributed by atoms with Crippen LogP contribution in [0.2, 0.25) is 0 Å². The molecule has 1 aliphatic heterocycles. The first-order valence-corrected chi connectivity index (χ1v) is 16.0. The number of fused-ring (bicyclic) bond motifs is 3. The Morgan fingerprint density at radius 1 is 0.975 bits per heavy atom. The SMILES string of the molecule is O=C(O)[C@H]1C[C@@H]1c1ccc(NCc2cc3c(cc2F)CCCc2cc(OCC4CCS(O)(O)CC4)ccc2-3)cc1. The maximum Gasteiger partial charge on any atom is 0.307 e. The Morgan fingerprint density at radius 3 is 2.40 bits per heavy atom. The van der Waals surface area contributed by atoms with Gasteiger partial charge in [0, 0.05) is 29.3 Å². The van der Waals surface area contributed by atoms with Gasteiger partial charge in [0.15, 0.2) is 0 Å². The normalized spacial score (nSPS) is 22.4. The minimum atomic E-state index is -2.38. The number of ether oxygens (including phenoxy) is 1. The number of aryl methyl sites for hydroxylation is 2. The molecule has 6 rings (SSSR count). The van der Waals surface area contributed by atoms with Gasteiger partial charge in [-0.15, -0.1) is 0 Å². The Bertz CT molecular complexity index is 1400. The molecule has 2 fully saturated rings. The lowest BCUT2D eigenvalue weighted by molar-refractivity contribution is -0.138. The molecule has 212 valence electrons. The maximum atomic E-state index is 15.1. The number of carboxylic acids is 1. The number of anilines is 1. The third-order valence-corrected chi connectivity index (χ3v) is 10.4. The van der Waals surface area contributed by atoms with Gasteiger partial charge in [-0.25, -0.2) is 4.39 Å². The van der Waals surface area contributed by atoms with Crippen LogP contribution in [-0.2, 0) is 24.2 Å². The summed E-state index contributed by atoms with van der Waals surface area (Å²) in [6, 6.07) is 17.6. The van der Waals surface area contributed by atoms with E-state index in [2.05, 4.69) is 17.4 Å². The molecule has 2 atom stereocenters. The van der Waals surface area contributed by atoms with Gasteiger partial charge >= 0.3 is 5.97 Å². The molecule has 0 amide bonds. The van der Waals surface area contributed by atoms with Gasteiger partial charge in [0.05, 0.1) is 12.5 Å². The van der Waals surface area contributed by atoms with Crippen molar-refractivity contribution in [1.82, 2.24) is 0 Å². The summed E-state index contributed by atoms with van der Waals surface area (Å²) in [6.45, 7) is 0.927. The van der Waals surface area contributed by atoms with Crippen molar-refractivity contribution in [2.75, 3.05) is 23.4 Å². The number of halogens is 1. The molecule has 0 radical (unpaired) electrons. The molecule has 0 bridgehead atoms. The number of benzene rings is 3. The van der Waals surface area contributed by atoms with E-state index in [9.17, 15) is 19.0 Å². The molecule has 3 aromatic carbocycles. The largest absolute Gasteiger partial charge is 0.493 e. The van der Waals surface area contributed by atoms with Crippen LogP contribution in [0.5, 0.6) is 5.75 Å². The molecule has 0 aromatic heterocycles. The van der Waals surface area contributed by atoms with E-state index in [1.165, 1.54) is 5.56 Å². The molecule has 6 nitrogen and oxygen atoms in total. The molecule has 1 saturated heterocycles. The van der Waals surface area contributed by atoms with E-state index in [1.807, 2.05) is 36.4 Å². The van der Waals surface area contributed by atoms with Crippen LogP contribution in [0.1, 0.15) is 53.9 Å². The predicted molar refractivity (Wildman–Crippen MR) is 157 cm³/mol. The van der Waals surface area contributed by atoms with Gasteiger partial charge < -0.3 is 15.2 Å². The molecule has 1 heterocycles. The van der Waals surface area contributed by atoms with Gasteiger partial charge in [0.2, 0.25) is 0 Å². The second-order valence-electron chi connectivity index (χ2n) is 11.5. The van der Waals surface area contributed by atoms with Crippen molar-refractivity contribution in [3.8, 4) is 16.9 Å². The van der Waals surface area contributed by atoms with Crippen molar-refractivity contribution in [2.24, 2.45) is 11.8 Å². The third-order valence-electron chi connectivity index (χ3n) is 8.65. The van der Waals surface area contributed by atoms with Crippen molar-refractivity contribution in [2.45, 2.75) is 51.0 Å². The highest BCUT2D eigenvalue weighted by atomic mass is 32.3. The molecule has 0 spiro atoms. The summed E-state index contributed by atoms with van der Waals surface area (Å²) in [5, 5.41) is 12.5. The molecule has 1 saturated carbocycles. The molecule has 8 heteroatoms. The van der Waals surface area contributed by atoms with Crippen LogP contribution < -0.4 is 10.1 Å². The topological polar surface area (TPSA) is 99.0 Å². The second-order valence-corrected chi connectivity index (χ2v) is 13.9. The highest BCUT2D eigenvalue weighted by molar-refractivity contribution is 8.24. The van der Waals surface area contributed by atoms with Crippen LogP contribution in [0.25, 0.3) is 11.1 Å². The van der Waals surface area contributed by atoms with Gasteiger partial charge in [-0.05, 0) is 115 Å². The third kappa shape index (κ3) is 5.99. The van der Waals surface area contributed by atoms with Crippen molar-refractivity contribution in [3.05, 3.63) is 82.7 Å². The van der Waals surface area contributed by atoms with Crippen molar-refractivity contribution >= 4 is 22.2 Å². The summed E-state index contributed by atoms with van der Waals surface area (Å²) in [5.41, 5.74) is 6.93. The highest BCUT2D eigenvalue weighted by Crippen LogP contribution is 2.48. The number of rotatable bonds is 8. The van der Waals surface area contributed by atoms with Crippen LogP contribution >= 0.6 is 10.6 Å². The fraction of sp³-hybridized carbons (Fsp3) is 0.406. The van der Waals surface area contributed by atoms with Gasteiger partial charge in [-0.3, -0.25) is 13.9 Å². The maximum absolute atomic E-state index is 15.1. The Hall–Kier alpha value is -3.07. The molecule has 40 heavy (non-hydrogen) atoms. The average molecular weight is 566 g/mol. The Kier molecular flexibility index (Phi) is 7.50. The van der Waals surface area contributed by atoms with Crippen molar-refractivity contribution in [3.63, 3.8) is 0 Å². The molecule has 2 aliphatic carbocycles. The fourth-order valence-electron chi connectivity index (χ4n) is 6.07. The zero-order valence-electron chi connectivity index (χ0n) is 22.4. The van der Waals surface area contributed by atoms with Crippen molar-refractivity contribution < 1.29 is 28.1 Å². The monoisotopic (exact) mass is 565 g/mol. The smallest absolute Gasteiger partial charge is 0.307 e. The minimum Gasteiger partial charge on any atom is -0.493 e. The first kappa shape index (κ1) is 27.1. The molecule has 4 N–H and O–H groups in total. The lowest BCUT2D eigenvalue weighted by atomic mass is 9.94. The fourth-order valence-corrected chi connectivity index (χ4v) is 7.70. The standard InChI is InChI=1S/C32H36FNO5S/c33-31-16-23-3-1-2-22-14-26(39-19-20-10-12-40(37,38)13-11-20)8-9-27(22)28(23)15-24(31)18-34-25-6-4-21(5-7-25)29-17-30(29)32(35)36/h4-9,14-16,20,29-30,34,37-38H,1-3,10-13,17-19H2,(H,35,36)/t29-,30+/m1/s1. The zero-order valence-corrected chi connectivity index (χ0v) is 23.3. The number of carboxylic acid groups (broad SMARTS) is 1. The second kappa shape index (κ2) is 11.1. The number of hydrogen-bond donors (Lipinski definition) is 4. The van der Waals surface area contributed by atoms with E-state index in [1.54, 1.807) is 6.07 Å². The minimum absolute atomic E-state index is 0.0931. The Balaban J connectivity index is 1.13. The van der Waals surface area contributed by atoms with Gasteiger partial charge in [0.25, 0.3) is 0 Å². The number of carbonyl (C=O) groups is 1. The number of nitrogens with one attached hydrogen (secondary N) is 1. The van der Waals surface area contributed by atoms with E-state index in [0.717, 1.165) is 65.8 Å². The Labute approximate surface area is 235 Å². The molecular formula is C32H36FNO5S. The van der Waals surface area contributed by atoms with E-state index in [-0.39, 0.29) is 17.7 Å². The zero-order chi connectivity index (χ0) is 27.9. The van der Waals surface area contributed by atoms with Crippen LogP contribution in [0, 0.1) is 17.7 Å². The molecular weight excluding hydrogens is 529 g/mol. The lowest BCUT2D eigenvalue weighted by Crippen LogP contribution is -2.24. The molecule has 3 aliphatic rings. The summed E-state index contributed by atoms with van der Waals surface area (Å²) in [5.74, 6) is 0.966. The summed E-state index contributed by atoms with van der Waals surface area (Å²) in [7, 11) is -2.38. The summed E-state index contributed by atoms with van der Waals surface area (Å²) in [4.78, 5) is 11.2. The Morgan fingerprint density at radius 2 is 1.70 bits per heavy atom. The number of aliphatic carboxylic acids is 1. The number of hydrogen-bond acceptors (Lipinski definition) is 5. The van der Waals surface area contributed by atoms with Gasteiger partial charge in [0.1, 0.15) is 11.6 Å². The van der Waals surface area contributed by atoms with Crippen LogP contribution in [0.3, 0.4) is 0 Å². The van der Waals surface area contributed by atoms with Gasteiger partial charge in [-0.1, -0.05) is 18.2 Å². The van der Waals surface area contributed by atoms with E-state index >= 15 is 4.39 Å².